The zero-order chi connectivity index (χ0) is 13.0. The average molecular weight is 247 g/mol. The summed E-state index contributed by atoms with van der Waals surface area (Å²) in [5, 5.41) is 22.3. The van der Waals surface area contributed by atoms with E-state index in [1.165, 1.54) is 0 Å². The van der Waals surface area contributed by atoms with E-state index >= 15 is 0 Å². The number of carbonyl (C=O) groups is 1. The van der Waals surface area contributed by atoms with E-state index in [0.29, 0.717) is 12.8 Å². The van der Waals surface area contributed by atoms with Crippen molar-refractivity contribution in [2.24, 2.45) is 0 Å². The first-order valence-electron chi connectivity index (χ1n) is 6.05. The van der Waals surface area contributed by atoms with Gasteiger partial charge in [-0.15, -0.1) is 0 Å². The monoisotopic (exact) mass is 247 g/mol. The quantitative estimate of drug-likeness (QED) is 0.705. The molecule has 0 saturated carbocycles. The number of carboxylic acid groups (broad SMARTS) is 1. The van der Waals surface area contributed by atoms with Crippen molar-refractivity contribution in [2.75, 3.05) is 13.1 Å². The van der Waals surface area contributed by atoms with Crippen LogP contribution >= 0.6 is 0 Å². The Labute approximate surface area is 106 Å². The first-order valence-corrected chi connectivity index (χ1v) is 6.05. The second-order valence-electron chi connectivity index (χ2n) is 4.58. The Kier molecular flexibility index (Phi) is 3.79. The molecule has 1 aromatic carbocycles. The van der Waals surface area contributed by atoms with E-state index in [1.807, 2.05) is 24.3 Å². The molecule has 0 spiro atoms. The zero-order valence-corrected chi connectivity index (χ0v) is 10.1. The molecule has 3 N–H and O–H groups in total. The van der Waals surface area contributed by atoms with E-state index in [4.69, 9.17) is 5.11 Å². The summed E-state index contributed by atoms with van der Waals surface area (Å²) < 4.78 is 0. The highest BCUT2D eigenvalue weighted by molar-refractivity contribution is 5.85. The highest BCUT2D eigenvalue weighted by atomic mass is 16.4. The number of aliphatic carboxylic acids is 1. The van der Waals surface area contributed by atoms with E-state index < -0.39 is 11.6 Å². The molecule has 0 unspecified atom stereocenters. The van der Waals surface area contributed by atoms with Gasteiger partial charge in [0.05, 0.1) is 5.60 Å². The normalized spacial score (nSPS) is 18.9. The molecule has 4 nitrogen and oxygen atoms in total. The molecule has 96 valence electrons. The van der Waals surface area contributed by atoms with Gasteiger partial charge in [0.15, 0.2) is 0 Å². The standard InChI is InChI=1S/C14H17NO3/c16-13(17)6-3-11-1-4-12(5-2-11)14(18)7-9-15-10-8-14/h1-6,15,18H,7-10H2,(H,16,17). The Bertz CT molecular complexity index is 445. The van der Waals surface area contributed by atoms with Gasteiger partial charge < -0.3 is 15.5 Å². The zero-order valence-electron chi connectivity index (χ0n) is 10.1. The number of benzene rings is 1. The highest BCUT2D eigenvalue weighted by Gasteiger charge is 2.30. The average Bonchev–Trinajstić information content (AvgIpc) is 2.38. The molecule has 1 aromatic rings. The number of hydrogen-bond acceptors (Lipinski definition) is 3. The molecular formula is C14H17NO3. The first kappa shape index (κ1) is 12.8. The minimum absolute atomic E-state index is 0.706. The van der Waals surface area contributed by atoms with Crippen molar-refractivity contribution < 1.29 is 15.0 Å². The smallest absolute Gasteiger partial charge is 0.328 e. The van der Waals surface area contributed by atoms with E-state index in [0.717, 1.165) is 30.3 Å². The van der Waals surface area contributed by atoms with E-state index in [1.54, 1.807) is 6.08 Å². The number of piperidine rings is 1. The predicted molar refractivity (Wildman–Crippen MR) is 69.1 cm³/mol. The molecule has 2 rings (SSSR count). The number of rotatable bonds is 3. The Balaban J connectivity index is 2.14. The molecule has 0 atom stereocenters. The van der Waals surface area contributed by atoms with Gasteiger partial charge in [0.25, 0.3) is 0 Å². The summed E-state index contributed by atoms with van der Waals surface area (Å²) in [6.45, 7) is 1.63. The second kappa shape index (κ2) is 5.33. The van der Waals surface area contributed by atoms with Crippen LogP contribution in [-0.2, 0) is 10.4 Å². The van der Waals surface area contributed by atoms with Crippen molar-refractivity contribution >= 4 is 12.0 Å². The largest absolute Gasteiger partial charge is 0.478 e. The lowest BCUT2D eigenvalue weighted by molar-refractivity contribution is -0.131. The van der Waals surface area contributed by atoms with Gasteiger partial charge in [0, 0.05) is 6.08 Å². The van der Waals surface area contributed by atoms with Gasteiger partial charge in [-0.3, -0.25) is 0 Å². The summed E-state index contributed by atoms with van der Waals surface area (Å²) in [7, 11) is 0. The third-order valence-corrected chi connectivity index (χ3v) is 3.30. The van der Waals surface area contributed by atoms with Crippen molar-refractivity contribution in [2.45, 2.75) is 18.4 Å². The van der Waals surface area contributed by atoms with Gasteiger partial charge >= 0.3 is 5.97 Å². The summed E-state index contributed by atoms with van der Waals surface area (Å²) in [6, 6.07) is 7.39. The molecule has 0 radical (unpaired) electrons. The molecule has 4 heteroatoms. The van der Waals surface area contributed by atoms with Gasteiger partial charge in [-0.05, 0) is 43.1 Å². The summed E-state index contributed by atoms with van der Waals surface area (Å²) in [5.41, 5.74) is 0.968. The molecule has 0 aromatic heterocycles. The van der Waals surface area contributed by atoms with Crippen molar-refractivity contribution in [1.29, 1.82) is 0 Å². The Morgan fingerprint density at radius 3 is 2.39 bits per heavy atom. The minimum atomic E-state index is -0.962. The summed E-state index contributed by atoms with van der Waals surface area (Å²) in [6.07, 6.45) is 4.06. The fraction of sp³-hybridized carbons (Fsp3) is 0.357. The van der Waals surface area contributed by atoms with Crippen LogP contribution in [0.25, 0.3) is 6.08 Å². The minimum Gasteiger partial charge on any atom is -0.478 e. The van der Waals surface area contributed by atoms with Crippen molar-refractivity contribution in [3.05, 3.63) is 41.5 Å². The molecular weight excluding hydrogens is 230 g/mol. The molecule has 0 amide bonds. The fourth-order valence-corrected chi connectivity index (χ4v) is 2.20. The van der Waals surface area contributed by atoms with Gasteiger partial charge in [-0.1, -0.05) is 24.3 Å². The summed E-state index contributed by atoms with van der Waals surface area (Å²) in [4.78, 5) is 10.4. The predicted octanol–water partition coefficient (Wildman–Crippen LogP) is 1.36. The van der Waals surface area contributed by atoms with Gasteiger partial charge in [-0.25, -0.2) is 4.79 Å². The van der Waals surface area contributed by atoms with E-state index in [-0.39, 0.29) is 0 Å². The van der Waals surface area contributed by atoms with Crippen LogP contribution in [0.15, 0.2) is 30.3 Å². The molecule has 0 bridgehead atoms. The molecule has 1 fully saturated rings. The van der Waals surface area contributed by atoms with Crippen LogP contribution in [0.4, 0.5) is 0 Å². The lowest BCUT2D eigenvalue weighted by atomic mass is 9.85. The van der Waals surface area contributed by atoms with Crippen LogP contribution in [0.2, 0.25) is 0 Å². The van der Waals surface area contributed by atoms with Crippen LogP contribution in [0, 0.1) is 0 Å². The fourth-order valence-electron chi connectivity index (χ4n) is 2.20. The van der Waals surface area contributed by atoms with Crippen LogP contribution in [0.5, 0.6) is 0 Å². The van der Waals surface area contributed by atoms with Crippen molar-refractivity contribution in [3.8, 4) is 0 Å². The van der Waals surface area contributed by atoms with Crippen molar-refractivity contribution in [3.63, 3.8) is 0 Å². The van der Waals surface area contributed by atoms with Crippen LogP contribution in [0.3, 0.4) is 0 Å². The maximum Gasteiger partial charge on any atom is 0.328 e. The molecule has 0 aliphatic carbocycles. The Morgan fingerprint density at radius 2 is 1.83 bits per heavy atom. The van der Waals surface area contributed by atoms with Gasteiger partial charge in [0.1, 0.15) is 0 Å². The molecule has 1 aliphatic rings. The lowest BCUT2D eigenvalue weighted by Crippen LogP contribution is -2.39. The molecule has 1 saturated heterocycles. The number of nitrogens with one attached hydrogen (secondary N) is 1. The summed E-state index contributed by atoms with van der Waals surface area (Å²) in [5.74, 6) is -0.962. The number of hydrogen-bond donors (Lipinski definition) is 3. The Hall–Kier alpha value is -1.65. The maximum absolute atomic E-state index is 10.5. The number of aliphatic hydroxyl groups is 1. The summed E-state index contributed by atoms with van der Waals surface area (Å²) >= 11 is 0. The van der Waals surface area contributed by atoms with Gasteiger partial charge in [0.2, 0.25) is 0 Å². The highest BCUT2D eigenvalue weighted by Crippen LogP contribution is 2.30. The van der Waals surface area contributed by atoms with Crippen LogP contribution in [0.1, 0.15) is 24.0 Å². The van der Waals surface area contributed by atoms with E-state index in [2.05, 4.69) is 5.32 Å². The van der Waals surface area contributed by atoms with Crippen LogP contribution < -0.4 is 5.32 Å². The maximum atomic E-state index is 10.5. The number of carboxylic acids is 1. The molecule has 1 heterocycles. The topological polar surface area (TPSA) is 69.6 Å². The van der Waals surface area contributed by atoms with Crippen molar-refractivity contribution in [1.82, 2.24) is 5.32 Å². The van der Waals surface area contributed by atoms with Crippen LogP contribution in [-0.4, -0.2) is 29.3 Å². The first-order chi connectivity index (χ1) is 8.60. The van der Waals surface area contributed by atoms with Gasteiger partial charge in [-0.2, -0.15) is 0 Å². The molecule has 1 aliphatic heterocycles. The SMILES string of the molecule is O=C(O)C=Cc1ccc(C2(O)CCNCC2)cc1. The Morgan fingerprint density at radius 1 is 1.22 bits per heavy atom. The third-order valence-electron chi connectivity index (χ3n) is 3.30. The second-order valence-corrected chi connectivity index (χ2v) is 4.58. The molecule has 18 heavy (non-hydrogen) atoms. The lowest BCUT2D eigenvalue weighted by Gasteiger charge is -2.33. The third kappa shape index (κ3) is 2.97. The van der Waals surface area contributed by atoms with E-state index in [9.17, 15) is 9.90 Å².